The number of aryl methyl sites for hydroxylation is 1. The molecule has 5 nitrogen and oxygen atoms in total. The maximum atomic E-state index is 5.62. The molecule has 1 fully saturated rings. The SMILES string of the molecule is Cc1cc2c(N(CCC(N)=S)C3CC3)nccn2n1. The number of anilines is 1. The summed E-state index contributed by atoms with van der Waals surface area (Å²) < 4.78 is 1.88. The molecule has 2 heterocycles. The molecule has 1 aliphatic carbocycles. The molecular weight excluding hydrogens is 258 g/mol. The first-order valence-electron chi connectivity index (χ1n) is 6.51. The molecule has 19 heavy (non-hydrogen) atoms. The van der Waals surface area contributed by atoms with Crippen molar-refractivity contribution < 1.29 is 0 Å². The Labute approximate surface area is 117 Å². The minimum Gasteiger partial charge on any atom is -0.393 e. The summed E-state index contributed by atoms with van der Waals surface area (Å²) in [7, 11) is 0. The number of nitrogens with two attached hydrogens (primary N) is 1. The van der Waals surface area contributed by atoms with Gasteiger partial charge in [0, 0.05) is 31.4 Å². The Balaban J connectivity index is 1.97. The van der Waals surface area contributed by atoms with Crippen molar-refractivity contribution >= 4 is 28.5 Å². The van der Waals surface area contributed by atoms with E-state index in [1.54, 1.807) is 6.20 Å². The number of thiocarbonyl (C=S) groups is 1. The predicted octanol–water partition coefficient (Wildman–Crippen LogP) is 1.68. The van der Waals surface area contributed by atoms with Crippen molar-refractivity contribution in [1.29, 1.82) is 0 Å². The Morgan fingerprint density at radius 2 is 2.37 bits per heavy atom. The minimum absolute atomic E-state index is 0.558. The highest BCUT2D eigenvalue weighted by Gasteiger charge is 2.31. The maximum Gasteiger partial charge on any atom is 0.154 e. The second-order valence-electron chi connectivity index (χ2n) is 5.01. The van der Waals surface area contributed by atoms with Crippen LogP contribution in [0.2, 0.25) is 0 Å². The van der Waals surface area contributed by atoms with Gasteiger partial charge in [-0.1, -0.05) is 12.2 Å². The Morgan fingerprint density at radius 3 is 3.05 bits per heavy atom. The van der Waals surface area contributed by atoms with Crippen LogP contribution in [-0.4, -0.2) is 32.2 Å². The third-order valence-electron chi connectivity index (χ3n) is 3.35. The molecule has 6 heteroatoms. The van der Waals surface area contributed by atoms with Crippen LogP contribution in [0, 0.1) is 6.92 Å². The van der Waals surface area contributed by atoms with Crippen LogP contribution in [0.5, 0.6) is 0 Å². The van der Waals surface area contributed by atoms with E-state index in [-0.39, 0.29) is 0 Å². The lowest BCUT2D eigenvalue weighted by molar-refractivity contribution is 0.781. The third kappa shape index (κ3) is 2.53. The van der Waals surface area contributed by atoms with Gasteiger partial charge in [0.2, 0.25) is 0 Å². The lowest BCUT2D eigenvalue weighted by Gasteiger charge is -2.23. The normalized spacial score (nSPS) is 14.8. The van der Waals surface area contributed by atoms with Crippen LogP contribution in [0.3, 0.4) is 0 Å². The molecule has 3 rings (SSSR count). The lowest BCUT2D eigenvalue weighted by Crippen LogP contribution is -2.30. The fraction of sp³-hybridized carbons (Fsp3) is 0.462. The molecule has 0 radical (unpaired) electrons. The van der Waals surface area contributed by atoms with Gasteiger partial charge in [-0.15, -0.1) is 0 Å². The monoisotopic (exact) mass is 275 g/mol. The molecular formula is C13H17N5S. The van der Waals surface area contributed by atoms with Crippen molar-refractivity contribution in [2.45, 2.75) is 32.2 Å². The van der Waals surface area contributed by atoms with Crippen LogP contribution < -0.4 is 10.6 Å². The highest BCUT2D eigenvalue weighted by Crippen LogP contribution is 2.32. The number of nitrogens with zero attached hydrogens (tertiary/aromatic N) is 4. The molecule has 0 unspecified atom stereocenters. The van der Waals surface area contributed by atoms with Crippen molar-refractivity contribution in [2.75, 3.05) is 11.4 Å². The van der Waals surface area contributed by atoms with Crippen molar-refractivity contribution in [2.24, 2.45) is 5.73 Å². The van der Waals surface area contributed by atoms with Crippen molar-refractivity contribution in [1.82, 2.24) is 14.6 Å². The van der Waals surface area contributed by atoms with Crippen LogP contribution in [0.15, 0.2) is 18.5 Å². The van der Waals surface area contributed by atoms with E-state index in [1.165, 1.54) is 12.8 Å². The van der Waals surface area contributed by atoms with Crippen LogP contribution in [0.1, 0.15) is 25.0 Å². The van der Waals surface area contributed by atoms with E-state index < -0.39 is 0 Å². The zero-order valence-electron chi connectivity index (χ0n) is 10.9. The zero-order chi connectivity index (χ0) is 13.4. The molecule has 0 bridgehead atoms. The van der Waals surface area contributed by atoms with Crippen LogP contribution in [-0.2, 0) is 0 Å². The van der Waals surface area contributed by atoms with Gasteiger partial charge >= 0.3 is 0 Å². The fourth-order valence-corrected chi connectivity index (χ4v) is 2.42. The number of hydrogen-bond acceptors (Lipinski definition) is 4. The Hall–Kier alpha value is -1.69. The van der Waals surface area contributed by atoms with E-state index in [9.17, 15) is 0 Å². The topological polar surface area (TPSA) is 59.5 Å². The first-order valence-corrected chi connectivity index (χ1v) is 6.92. The smallest absolute Gasteiger partial charge is 0.154 e. The second kappa shape index (κ2) is 4.77. The van der Waals surface area contributed by atoms with E-state index in [2.05, 4.69) is 21.0 Å². The molecule has 0 aromatic carbocycles. The van der Waals surface area contributed by atoms with E-state index in [4.69, 9.17) is 18.0 Å². The van der Waals surface area contributed by atoms with Crippen LogP contribution >= 0.6 is 12.2 Å². The summed E-state index contributed by atoms with van der Waals surface area (Å²) in [5.41, 5.74) is 7.67. The number of fused-ring (bicyclic) bond motifs is 1. The van der Waals surface area contributed by atoms with E-state index in [0.717, 1.165) is 30.0 Å². The maximum absolute atomic E-state index is 5.62. The van der Waals surface area contributed by atoms with Crippen molar-refractivity contribution in [3.05, 3.63) is 24.2 Å². The summed E-state index contributed by atoms with van der Waals surface area (Å²) in [6.45, 7) is 2.82. The van der Waals surface area contributed by atoms with Gasteiger partial charge in [0.25, 0.3) is 0 Å². The largest absolute Gasteiger partial charge is 0.393 e. The molecule has 0 atom stereocenters. The fourth-order valence-electron chi connectivity index (χ4n) is 2.33. The Morgan fingerprint density at radius 1 is 1.58 bits per heavy atom. The molecule has 2 N–H and O–H groups in total. The summed E-state index contributed by atoms with van der Waals surface area (Å²) in [5, 5.41) is 4.43. The van der Waals surface area contributed by atoms with Crippen LogP contribution in [0.25, 0.3) is 5.52 Å². The minimum atomic E-state index is 0.558. The first-order chi connectivity index (χ1) is 9.15. The molecule has 0 saturated heterocycles. The highest BCUT2D eigenvalue weighted by molar-refractivity contribution is 7.80. The highest BCUT2D eigenvalue weighted by atomic mass is 32.1. The summed E-state index contributed by atoms with van der Waals surface area (Å²) in [6, 6.07) is 2.64. The third-order valence-corrected chi connectivity index (χ3v) is 3.55. The summed E-state index contributed by atoms with van der Waals surface area (Å²) in [4.78, 5) is 7.41. The van der Waals surface area contributed by atoms with Gasteiger partial charge in [0.05, 0.1) is 10.7 Å². The molecule has 2 aromatic heterocycles. The predicted molar refractivity (Wildman–Crippen MR) is 79.5 cm³/mol. The van der Waals surface area contributed by atoms with Gasteiger partial charge in [-0.05, 0) is 25.8 Å². The Bertz CT molecular complexity index is 617. The average molecular weight is 275 g/mol. The van der Waals surface area contributed by atoms with Gasteiger partial charge < -0.3 is 10.6 Å². The molecule has 2 aromatic rings. The van der Waals surface area contributed by atoms with E-state index in [0.29, 0.717) is 11.0 Å². The van der Waals surface area contributed by atoms with E-state index >= 15 is 0 Å². The molecule has 100 valence electrons. The van der Waals surface area contributed by atoms with Gasteiger partial charge in [0.15, 0.2) is 5.82 Å². The number of hydrogen-bond donors (Lipinski definition) is 1. The number of aromatic nitrogens is 3. The van der Waals surface area contributed by atoms with Crippen LogP contribution in [0.4, 0.5) is 5.82 Å². The van der Waals surface area contributed by atoms with Crippen molar-refractivity contribution in [3.8, 4) is 0 Å². The lowest BCUT2D eigenvalue weighted by atomic mass is 10.3. The van der Waals surface area contributed by atoms with Crippen molar-refractivity contribution in [3.63, 3.8) is 0 Å². The van der Waals surface area contributed by atoms with Gasteiger partial charge in [-0.3, -0.25) is 0 Å². The molecule has 0 spiro atoms. The first kappa shape index (κ1) is 12.3. The Kier molecular flexibility index (Phi) is 3.10. The quantitative estimate of drug-likeness (QED) is 0.841. The molecule has 1 aliphatic rings. The standard InChI is InChI=1S/C13H17N5S/c1-9-8-11-13(15-5-7-18(11)16-9)17(10-2-3-10)6-4-12(14)19/h5,7-8,10H,2-4,6H2,1H3,(H2,14,19). The summed E-state index contributed by atoms with van der Waals surface area (Å²) >= 11 is 4.98. The zero-order valence-corrected chi connectivity index (χ0v) is 11.7. The van der Waals surface area contributed by atoms with Gasteiger partial charge in [-0.25, -0.2) is 9.50 Å². The van der Waals surface area contributed by atoms with E-state index in [1.807, 2.05) is 17.6 Å². The summed E-state index contributed by atoms with van der Waals surface area (Å²) in [6.07, 6.45) is 6.83. The summed E-state index contributed by atoms with van der Waals surface area (Å²) in [5.74, 6) is 0.988. The number of rotatable bonds is 5. The second-order valence-corrected chi connectivity index (χ2v) is 5.53. The molecule has 1 saturated carbocycles. The van der Waals surface area contributed by atoms with Gasteiger partial charge in [-0.2, -0.15) is 5.10 Å². The average Bonchev–Trinajstić information content (AvgIpc) is 3.10. The van der Waals surface area contributed by atoms with Gasteiger partial charge in [0.1, 0.15) is 5.52 Å². The molecule has 0 amide bonds. The molecule has 0 aliphatic heterocycles.